The number of benzene rings is 2. The first-order chi connectivity index (χ1) is 8.15. The van der Waals surface area contributed by atoms with Gasteiger partial charge < -0.3 is 4.42 Å². The van der Waals surface area contributed by atoms with Crippen LogP contribution in [0.2, 0.25) is 5.02 Å². The van der Waals surface area contributed by atoms with E-state index in [2.05, 4.69) is 0 Å². The monoisotopic (exact) mass is 244 g/mol. The molecule has 3 aromatic rings. The molecule has 0 unspecified atom stereocenters. The molecular weight excluding hydrogens is 236 g/mol. The third-order valence-electron chi connectivity index (χ3n) is 2.79. The first-order valence-electron chi connectivity index (χ1n) is 5.28. The molecule has 0 N–H and O–H groups in total. The van der Waals surface area contributed by atoms with Crippen molar-refractivity contribution in [3.05, 3.63) is 57.2 Å². The van der Waals surface area contributed by atoms with Gasteiger partial charge in [-0.15, -0.1) is 0 Å². The zero-order valence-corrected chi connectivity index (χ0v) is 9.91. The van der Waals surface area contributed by atoms with Gasteiger partial charge in [0.2, 0.25) is 5.43 Å². The Kier molecular flexibility index (Phi) is 2.20. The van der Waals surface area contributed by atoms with Gasteiger partial charge >= 0.3 is 0 Å². The van der Waals surface area contributed by atoms with Crippen LogP contribution in [0, 0.1) is 6.92 Å². The molecule has 0 fully saturated rings. The van der Waals surface area contributed by atoms with Gasteiger partial charge in [0.15, 0.2) is 0 Å². The molecule has 0 atom stereocenters. The minimum atomic E-state index is -0.0124. The molecule has 0 aliphatic carbocycles. The summed E-state index contributed by atoms with van der Waals surface area (Å²) >= 11 is 5.89. The van der Waals surface area contributed by atoms with E-state index < -0.39 is 0 Å². The summed E-state index contributed by atoms with van der Waals surface area (Å²) in [4.78, 5) is 12.2. The molecule has 0 radical (unpaired) electrons. The van der Waals surface area contributed by atoms with Crippen molar-refractivity contribution in [2.45, 2.75) is 6.92 Å². The quantitative estimate of drug-likeness (QED) is 0.561. The number of aryl methyl sites for hydroxylation is 1. The summed E-state index contributed by atoms with van der Waals surface area (Å²) in [6.07, 6.45) is 0. The van der Waals surface area contributed by atoms with Gasteiger partial charge in [0.05, 0.1) is 10.8 Å². The van der Waals surface area contributed by atoms with Gasteiger partial charge in [-0.2, -0.15) is 0 Å². The lowest BCUT2D eigenvalue weighted by molar-refractivity contribution is 0.660. The fourth-order valence-corrected chi connectivity index (χ4v) is 2.10. The highest BCUT2D eigenvalue weighted by Crippen LogP contribution is 2.22. The molecule has 0 saturated heterocycles. The topological polar surface area (TPSA) is 30.2 Å². The standard InChI is InChI=1S/C14H9ClO2/c1-8-2-5-12-11(6-8)14(16)10-4-3-9(15)7-13(10)17-12/h2-7H,1H3. The Balaban J connectivity index is 2.57. The Labute approximate surface area is 102 Å². The molecule has 3 rings (SSSR count). The van der Waals surface area contributed by atoms with Gasteiger partial charge in [-0.05, 0) is 31.2 Å². The molecule has 0 bridgehead atoms. The Hall–Kier alpha value is -1.80. The minimum Gasteiger partial charge on any atom is -0.456 e. The van der Waals surface area contributed by atoms with Crippen LogP contribution in [0.15, 0.2) is 45.6 Å². The summed E-state index contributed by atoms with van der Waals surface area (Å²) in [6.45, 7) is 1.95. The van der Waals surface area contributed by atoms with E-state index in [0.29, 0.717) is 27.0 Å². The van der Waals surface area contributed by atoms with Crippen molar-refractivity contribution in [3.8, 4) is 0 Å². The molecule has 2 aromatic carbocycles. The van der Waals surface area contributed by atoms with Crippen LogP contribution in [0.5, 0.6) is 0 Å². The molecule has 0 aliphatic rings. The van der Waals surface area contributed by atoms with E-state index in [1.807, 2.05) is 25.1 Å². The lowest BCUT2D eigenvalue weighted by Gasteiger charge is -2.02. The lowest BCUT2D eigenvalue weighted by Crippen LogP contribution is -2.02. The maximum Gasteiger partial charge on any atom is 0.200 e. The maximum absolute atomic E-state index is 12.2. The Morgan fingerprint density at radius 1 is 1.00 bits per heavy atom. The first kappa shape index (κ1) is 10.4. The summed E-state index contributed by atoms with van der Waals surface area (Å²) in [6, 6.07) is 10.6. The summed E-state index contributed by atoms with van der Waals surface area (Å²) in [5.74, 6) is 0. The molecule has 3 heteroatoms. The van der Waals surface area contributed by atoms with Crippen molar-refractivity contribution in [3.63, 3.8) is 0 Å². The number of hydrogen-bond acceptors (Lipinski definition) is 2. The van der Waals surface area contributed by atoms with Crippen molar-refractivity contribution in [2.24, 2.45) is 0 Å². The van der Waals surface area contributed by atoms with Crippen LogP contribution in [0.3, 0.4) is 0 Å². The van der Waals surface area contributed by atoms with Gasteiger partial charge in [-0.25, -0.2) is 0 Å². The third-order valence-corrected chi connectivity index (χ3v) is 3.02. The molecule has 0 amide bonds. The van der Waals surface area contributed by atoms with E-state index in [4.69, 9.17) is 16.0 Å². The van der Waals surface area contributed by atoms with Crippen molar-refractivity contribution in [1.29, 1.82) is 0 Å². The summed E-state index contributed by atoms with van der Waals surface area (Å²) in [5.41, 5.74) is 2.15. The zero-order valence-electron chi connectivity index (χ0n) is 9.16. The highest BCUT2D eigenvalue weighted by molar-refractivity contribution is 6.31. The summed E-state index contributed by atoms with van der Waals surface area (Å²) in [7, 11) is 0. The molecule has 0 saturated carbocycles. The average Bonchev–Trinajstić information content (AvgIpc) is 2.30. The van der Waals surface area contributed by atoms with E-state index in [1.165, 1.54) is 0 Å². The van der Waals surface area contributed by atoms with Crippen LogP contribution < -0.4 is 5.43 Å². The predicted octanol–water partition coefficient (Wildman–Crippen LogP) is 3.91. The van der Waals surface area contributed by atoms with Gasteiger partial charge in [0.1, 0.15) is 11.2 Å². The molecule has 17 heavy (non-hydrogen) atoms. The first-order valence-corrected chi connectivity index (χ1v) is 5.66. The minimum absolute atomic E-state index is 0.0124. The Morgan fingerprint density at radius 2 is 1.82 bits per heavy atom. The fraction of sp³-hybridized carbons (Fsp3) is 0.0714. The Bertz CT molecular complexity index is 787. The van der Waals surface area contributed by atoms with Gasteiger partial charge in [-0.1, -0.05) is 23.2 Å². The average molecular weight is 245 g/mol. The molecule has 84 valence electrons. The molecule has 1 aromatic heterocycles. The highest BCUT2D eigenvalue weighted by atomic mass is 35.5. The summed E-state index contributed by atoms with van der Waals surface area (Å²) < 4.78 is 5.68. The third kappa shape index (κ3) is 1.61. The molecule has 1 heterocycles. The molecule has 2 nitrogen and oxygen atoms in total. The van der Waals surface area contributed by atoms with Crippen LogP contribution in [0.1, 0.15) is 5.56 Å². The zero-order chi connectivity index (χ0) is 12.0. The Morgan fingerprint density at radius 3 is 2.65 bits per heavy atom. The normalized spacial score (nSPS) is 11.2. The smallest absolute Gasteiger partial charge is 0.200 e. The lowest BCUT2D eigenvalue weighted by atomic mass is 10.1. The van der Waals surface area contributed by atoms with E-state index in [-0.39, 0.29) is 5.43 Å². The molecular formula is C14H9ClO2. The number of halogens is 1. The molecule has 0 spiro atoms. The molecule has 0 aliphatic heterocycles. The highest BCUT2D eigenvalue weighted by Gasteiger charge is 2.07. The van der Waals surface area contributed by atoms with E-state index >= 15 is 0 Å². The second-order valence-corrected chi connectivity index (χ2v) is 4.51. The van der Waals surface area contributed by atoms with E-state index in [0.717, 1.165) is 5.56 Å². The number of fused-ring (bicyclic) bond motifs is 2. The second kappa shape index (κ2) is 3.60. The second-order valence-electron chi connectivity index (χ2n) is 4.07. The summed E-state index contributed by atoms with van der Waals surface area (Å²) in [5, 5.41) is 1.74. The van der Waals surface area contributed by atoms with Crippen molar-refractivity contribution >= 4 is 33.5 Å². The van der Waals surface area contributed by atoms with Crippen LogP contribution in [-0.2, 0) is 0 Å². The van der Waals surface area contributed by atoms with E-state index in [9.17, 15) is 4.79 Å². The fourth-order valence-electron chi connectivity index (χ4n) is 1.94. The van der Waals surface area contributed by atoms with Crippen molar-refractivity contribution in [1.82, 2.24) is 0 Å². The van der Waals surface area contributed by atoms with Crippen molar-refractivity contribution < 1.29 is 4.42 Å². The van der Waals surface area contributed by atoms with Crippen LogP contribution >= 0.6 is 11.6 Å². The van der Waals surface area contributed by atoms with Gasteiger partial charge in [0.25, 0.3) is 0 Å². The maximum atomic E-state index is 12.2. The van der Waals surface area contributed by atoms with E-state index in [1.54, 1.807) is 18.2 Å². The van der Waals surface area contributed by atoms with Gasteiger partial charge in [-0.3, -0.25) is 4.79 Å². The van der Waals surface area contributed by atoms with Crippen LogP contribution in [0.25, 0.3) is 21.9 Å². The number of rotatable bonds is 0. The van der Waals surface area contributed by atoms with Crippen molar-refractivity contribution in [2.75, 3.05) is 0 Å². The predicted molar refractivity (Wildman–Crippen MR) is 69.7 cm³/mol. The largest absolute Gasteiger partial charge is 0.456 e. The SMILES string of the molecule is Cc1ccc2oc3cc(Cl)ccc3c(=O)c2c1. The van der Waals surface area contributed by atoms with Gasteiger partial charge in [0, 0.05) is 11.1 Å². The van der Waals surface area contributed by atoms with Crippen LogP contribution in [0.4, 0.5) is 0 Å². The number of hydrogen-bond donors (Lipinski definition) is 0. The van der Waals surface area contributed by atoms with Crippen LogP contribution in [-0.4, -0.2) is 0 Å².